The molecular formula is C18H22N2O2. The maximum atomic E-state index is 12.2. The van der Waals surface area contributed by atoms with E-state index in [0.717, 1.165) is 27.9 Å². The molecule has 2 rings (SSSR count). The van der Waals surface area contributed by atoms with Gasteiger partial charge in [-0.05, 0) is 67.6 Å². The molecule has 0 radical (unpaired) electrons. The van der Waals surface area contributed by atoms with Gasteiger partial charge in [0.05, 0.1) is 18.4 Å². The average Bonchev–Trinajstić information content (AvgIpc) is 2.55. The molecule has 4 heteroatoms. The molecule has 0 saturated carbocycles. The lowest BCUT2D eigenvalue weighted by Crippen LogP contribution is -2.14. The van der Waals surface area contributed by atoms with Crippen LogP contribution in [0.5, 0.6) is 0 Å². The lowest BCUT2D eigenvalue weighted by atomic mass is 9.92. The van der Waals surface area contributed by atoms with Gasteiger partial charge in [0.25, 0.3) is 0 Å². The maximum absolute atomic E-state index is 12.2. The first-order chi connectivity index (χ1) is 10.5. The van der Waals surface area contributed by atoms with Crippen molar-refractivity contribution in [2.24, 2.45) is 0 Å². The molecule has 0 unspecified atom stereocenters. The number of hydrogen-bond donors (Lipinski definition) is 1. The van der Waals surface area contributed by atoms with E-state index in [0.29, 0.717) is 12.1 Å². The lowest BCUT2D eigenvalue weighted by Gasteiger charge is -2.20. The van der Waals surface area contributed by atoms with Crippen LogP contribution in [0.15, 0.2) is 24.5 Å². The van der Waals surface area contributed by atoms with Crippen LogP contribution in [0.4, 0.5) is 5.69 Å². The van der Waals surface area contributed by atoms with Gasteiger partial charge in [-0.3, -0.25) is 4.98 Å². The Morgan fingerprint density at radius 2 is 1.64 bits per heavy atom. The van der Waals surface area contributed by atoms with E-state index in [2.05, 4.69) is 17.2 Å². The predicted molar refractivity (Wildman–Crippen MR) is 88.3 cm³/mol. The molecule has 0 aliphatic heterocycles. The first-order valence-corrected chi connectivity index (χ1v) is 7.28. The molecule has 1 N–H and O–H groups in total. The van der Waals surface area contributed by atoms with Crippen molar-refractivity contribution < 1.29 is 9.53 Å². The van der Waals surface area contributed by atoms with Crippen molar-refractivity contribution in [3.8, 4) is 0 Å². The minimum absolute atomic E-state index is 0.305. The third-order valence-electron chi connectivity index (χ3n) is 4.30. The van der Waals surface area contributed by atoms with Gasteiger partial charge in [0.2, 0.25) is 0 Å². The van der Waals surface area contributed by atoms with Crippen molar-refractivity contribution in [3.63, 3.8) is 0 Å². The number of anilines is 1. The Bertz CT molecular complexity index is 694. The maximum Gasteiger partial charge on any atom is 0.340 e. The van der Waals surface area contributed by atoms with Crippen LogP contribution in [0, 0.1) is 27.7 Å². The normalized spacial score (nSPS) is 10.4. The number of rotatable bonds is 4. The fraction of sp³-hybridized carbons (Fsp3) is 0.333. The Hall–Kier alpha value is -2.36. The highest BCUT2D eigenvalue weighted by Gasteiger charge is 2.21. The van der Waals surface area contributed by atoms with E-state index in [9.17, 15) is 4.79 Å². The van der Waals surface area contributed by atoms with Gasteiger partial charge in [-0.15, -0.1) is 0 Å². The number of ether oxygens (including phenoxy) is 1. The largest absolute Gasteiger partial charge is 0.465 e. The molecule has 0 bridgehead atoms. The van der Waals surface area contributed by atoms with Crippen molar-refractivity contribution >= 4 is 11.7 Å². The zero-order chi connectivity index (χ0) is 16.3. The lowest BCUT2D eigenvalue weighted by molar-refractivity contribution is 0.0601. The molecule has 0 aliphatic carbocycles. The number of carbonyl (C=O) groups excluding carboxylic acids is 1. The summed E-state index contributed by atoms with van der Waals surface area (Å²) < 4.78 is 4.97. The zero-order valence-corrected chi connectivity index (χ0v) is 13.8. The van der Waals surface area contributed by atoms with Gasteiger partial charge in [-0.1, -0.05) is 0 Å². The zero-order valence-electron chi connectivity index (χ0n) is 13.8. The van der Waals surface area contributed by atoms with Gasteiger partial charge in [0.1, 0.15) is 0 Å². The van der Waals surface area contributed by atoms with Crippen LogP contribution >= 0.6 is 0 Å². The Morgan fingerprint density at radius 1 is 1.05 bits per heavy atom. The fourth-order valence-corrected chi connectivity index (χ4v) is 2.58. The van der Waals surface area contributed by atoms with Gasteiger partial charge in [-0.2, -0.15) is 0 Å². The number of hydrogen-bond acceptors (Lipinski definition) is 4. The average molecular weight is 298 g/mol. The van der Waals surface area contributed by atoms with E-state index >= 15 is 0 Å². The van der Waals surface area contributed by atoms with Crippen molar-refractivity contribution in [1.82, 2.24) is 4.98 Å². The van der Waals surface area contributed by atoms with E-state index in [1.807, 2.05) is 32.9 Å². The number of pyridine rings is 1. The van der Waals surface area contributed by atoms with E-state index < -0.39 is 0 Å². The second-order valence-corrected chi connectivity index (χ2v) is 5.45. The summed E-state index contributed by atoms with van der Waals surface area (Å²) in [5.74, 6) is -0.305. The van der Waals surface area contributed by atoms with Gasteiger partial charge in [0, 0.05) is 18.9 Å². The number of esters is 1. The number of methoxy groups -OCH3 is 1. The number of benzene rings is 1. The third-order valence-corrected chi connectivity index (χ3v) is 4.30. The molecule has 22 heavy (non-hydrogen) atoms. The molecule has 1 aromatic carbocycles. The van der Waals surface area contributed by atoms with Crippen LogP contribution in [0.2, 0.25) is 0 Å². The first-order valence-electron chi connectivity index (χ1n) is 7.28. The smallest absolute Gasteiger partial charge is 0.340 e. The minimum atomic E-state index is -0.305. The van der Waals surface area contributed by atoms with Gasteiger partial charge in [0.15, 0.2) is 0 Å². The second-order valence-electron chi connectivity index (χ2n) is 5.45. The van der Waals surface area contributed by atoms with Gasteiger partial charge in [-0.25, -0.2) is 4.79 Å². The molecule has 0 fully saturated rings. The summed E-state index contributed by atoms with van der Waals surface area (Å²) >= 11 is 0. The summed E-state index contributed by atoms with van der Waals surface area (Å²) in [5, 5.41) is 3.39. The molecule has 0 amide bonds. The monoisotopic (exact) mass is 298 g/mol. The summed E-state index contributed by atoms with van der Waals surface area (Å²) in [5.41, 5.74) is 6.96. The topological polar surface area (TPSA) is 51.2 Å². The van der Waals surface area contributed by atoms with E-state index in [-0.39, 0.29) is 5.97 Å². The Kier molecular flexibility index (Phi) is 4.81. The van der Waals surface area contributed by atoms with Crippen molar-refractivity contribution in [3.05, 3.63) is 57.9 Å². The standard InChI is InChI=1S/C18H22N2O2/c1-11-12(2)14(4)17(16(13(11)3)18(21)22-5)20-10-15-6-8-19-9-7-15/h6-9,20H,10H2,1-5H3. The quantitative estimate of drug-likeness (QED) is 0.874. The molecular weight excluding hydrogens is 276 g/mol. The van der Waals surface area contributed by atoms with Crippen LogP contribution < -0.4 is 5.32 Å². The summed E-state index contributed by atoms with van der Waals surface area (Å²) in [6.07, 6.45) is 3.52. The van der Waals surface area contributed by atoms with Crippen molar-refractivity contribution in [2.75, 3.05) is 12.4 Å². The molecule has 116 valence electrons. The Balaban J connectivity index is 2.46. The van der Waals surface area contributed by atoms with E-state index in [4.69, 9.17) is 4.74 Å². The van der Waals surface area contributed by atoms with Crippen LogP contribution in [0.25, 0.3) is 0 Å². The number of nitrogens with one attached hydrogen (secondary N) is 1. The van der Waals surface area contributed by atoms with Gasteiger partial charge >= 0.3 is 5.97 Å². The summed E-state index contributed by atoms with van der Waals surface area (Å²) in [6, 6.07) is 3.90. The van der Waals surface area contributed by atoms with Crippen molar-refractivity contribution in [1.29, 1.82) is 0 Å². The van der Waals surface area contributed by atoms with Crippen LogP contribution in [0.3, 0.4) is 0 Å². The van der Waals surface area contributed by atoms with E-state index in [1.165, 1.54) is 12.7 Å². The molecule has 0 atom stereocenters. The van der Waals surface area contributed by atoms with Gasteiger partial charge < -0.3 is 10.1 Å². The summed E-state index contributed by atoms with van der Waals surface area (Å²) in [4.78, 5) is 16.2. The predicted octanol–water partition coefficient (Wildman–Crippen LogP) is 3.71. The number of aromatic nitrogens is 1. The molecule has 0 saturated heterocycles. The van der Waals surface area contributed by atoms with Crippen molar-refractivity contribution in [2.45, 2.75) is 34.2 Å². The minimum Gasteiger partial charge on any atom is -0.465 e. The molecule has 4 nitrogen and oxygen atoms in total. The fourth-order valence-electron chi connectivity index (χ4n) is 2.58. The highest BCUT2D eigenvalue weighted by molar-refractivity contribution is 5.98. The number of nitrogens with zero attached hydrogens (tertiary/aromatic N) is 1. The SMILES string of the molecule is COC(=O)c1c(C)c(C)c(C)c(C)c1NCc1ccncc1. The third kappa shape index (κ3) is 2.96. The Morgan fingerprint density at radius 3 is 2.23 bits per heavy atom. The molecule has 1 aromatic heterocycles. The highest BCUT2D eigenvalue weighted by atomic mass is 16.5. The van der Waals surface area contributed by atoms with Crippen LogP contribution in [0.1, 0.15) is 38.2 Å². The highest BCUT2D eigenvalue weighted by Crippen LogP contribution is 2.31. The van der Waals surface area contributed by atoms with Crippen LogP contribution in [-0.2, 0) is 11.3 Å². The first kappa shape index (κ1) is 16.0. The Labute approximate surface area is 131 Å². The molecule has 0 spiro atoms. The number of carbonyl (C=O) groups is 1. The summed E-state index contributed by atoms with van der Waals surface area (Å²) in [7, 11) is 1.42. The van der Waals surface area contributed by atoms with E-state index in [1.54, 1.807) is 12.4 Å². The molecule has 0 aliphatic rings. The second kappa shape index (κ2) is 6.60. The summed E-state index contributed by atoms with van der Waals surface area (Å²) in [6.45, 7) is 8.75. The molecule has 1 heterocycles. The van der Waals surface area contributed by atoms with Crippen LogP contribution in [-0.4, -0.2) is 18.1 Å². The molecule has 2 aromatic rings.